The van der Waals surface area contributed by atoms with Crippen LogP contribution in [-0.4, -0.2) is 4.98 Å². The summed E-state index contributed by atoms with van der Waals surface area (Å²) in [4.78, 5) is 4.82. The van der Waals surface area contributed by atoms with Crippen LogP contribution in [0.25, 0.3) is 0 Å². The molecule has 3 heteroatoms. The number of benzene rings is 1. The molecule has 0 atom stereocenters. The zero-order valence-corrected chi connectivity index (χ0v) is 10.5. The van der Waals surface area contributed by atoms with Crippen molar-refractivity contribution in [1.29, 1.82) is 0 Å². The van der Waals surface area contributed by atoms with Crippen molar-refractivity contribution in [2.24, 2.45) is 0 Å². The third-order valence-corrected chi connectivity index (χ3v) is 3.07. The third kappa shape index (κ3) is 2.92. The van der Waals surface area contributed by atoms with Crippen molar-refractivity contribution in [2.75, 3.05) is 0 Å². The second kappa shape index (κ2) is 5.11. The van der Waals surface area contributed by atoms with E-state index in [2.05, 4.69) is 16.8 Å². The minimum absolute atomic E-state index is 0.184. The van der Waals surface area contributed by atoms with Gasteiger partial charge < -0.3 is 0 Å². The lowest BCUT2D eigenvalue weighted by Gasteiger charge is -2.06. The van der Waals surface area contributed by atoms with Gasteiger partial charge in [0.25, 0.3) is 0 Å². The minimum Gasteiger partial charge on any atom is -0.252 e. The second-order valence-electron chi connectivity index (χ2n) is 4.01. The van der Waals surface area contributed by atoms with Gasteiger partial charge in [0.05, 0.1) is 16.6 Å². The number of aromatic nitrogens is 1. The average molecular weight is 245 g/mol. The molecule has 0 bridgehead atoms. The molecular formula is C14H12FNS. The van der Waals surface area contributed by atoms with Crippen molar-refractivity contribution < 1.29 is 4.39 Å². The molecule has 0 aliphatic rings. The van der Waals surface area contributed by atoms with Crippen LogP contribution in [0.1, 0.15) is 35.8 Å². The Labute approximate surface area is 104 Å². The fourth-order valence-electron chi connectivity index (χ4n) is 1.48. The highest BCUT2D eigenvalue weighted by Crippen LogP contribution is 2.19. The van der Waals surface area contributed by atoms with Crippen molar-refractivity contribution in [1.82, 2.24) is 4.98 Å². The quantitative estimate of drug-likeness (QED) is 0.696. The summed E-state index contributed by atoms with van der Waals surface area (Å²) in [5.41, 5.74) is 3.15. The normalized spacial score (nSPS) is 10.1. The first-order valence-electron chi connectivity index (χ1n) is 5.37. The third-order valence-electron chi connectivity index (χ3n) is 2.38. The molecule has 1 aromatic carbocycles. The Balaban J connectivity index is 2.27. The van der Waals surface area contributed by atoms with E-state index in [9.17, 15) is 4.39 Å². The molecule has 86 valence electrons. The smallest absolute Gasteiger partial charge is 0.127 e. The Bertz CT molecular complexity index is 562. The molecule has 0 amide bonds. The predicted molar refractivity (Wildman–Crippen MR) is 68.6 cm³/mol. The standard InChI is InChI=1S/C14H12FNS/c1-10(2)13-6-4-11(7-14(13)15)3-5-12-8-16-9-17-12/h4,6-10H,1-2H3. The van der Waals surface area contributed by atoms with Crippen LogP contribution in [0, 0.1) is 17.7 Å². The van der Waals surface area contributed by atoms with E-state index in [0.717, 1.165) is 10.4 Å². The minimum atomic E-state index is -0.184. The van der Waals surface area contributed by atoms with Gasteiger partial charge in [0.15, 0.2) is 0 Å². The van der Waals surface area contributed by atoms with Gasteiger partial charge in [-0.05, 0) is 29.5 Å². The fraction of sp³-hybridized carbons (Fsp3) is 0.214. The van der Waals surface area contributed by atoms with Crippen molar-refractivity contribution in [3.63, 3.8) is 0 Å². The molecule has 17 heavy (non-hydrogen) atoms. The first kappa shape index (κ1) is 11.8. The summed E-state index contributed by atoms with van der Waals surface area (Å²) in [5.74, 6) is 5.90. The van der Waals surface area contributed by atoms with Crippen LogP contribution in [0.3, 0.4) is 0 Å². The number of hydrogen-bond acceptors (Lipinski definition) is 2. The molecule has 0 N–H and O–H groups in total. The summed E-state index contributed by atoms with van der Waals surface area (Å²) in [6, 6.07) is 5.15. The lowest BCUT2D eigenvalue weighted by molar-refractivity contribution is 0.598. The largest absolute Gasteiger partial charge is 0.252 e. The van der Waals surface area contributed by atoms with E-state index >= 15 is 0 Å². The molecule has 0 aliphatic carbocycles. The SMILES string of the molecule is CC(C)c1ccc(C#Cc2cncs2)cc1F. The summed E-state index contributed by atoms with van der Waals surface area (Å²) in [6.45, 7) is 3.95. The van der Waals surface area contributed by atoms with Crippen LogP contribution < -0.4 is 0 Å². The van der Waals surface area contributed by atoms with E-state index in [4.69, 9.17) is 0 Å². The molecule has 0 aliphatic heterocycles. The van der Waals surface area contributed by atoms with Gasteiger partial charge in [0, 0.05) is 5.56 Å². The molecular weight excluding hydrogens is 233 g/mol. The molecule has 0 radical (unpaired) electrons. The lowest BCUT2D eigenvalue weighted by atomic mass is 10.0. The van der Waals surface area contributed by atoms with Crippen molar-refractivity contribution in [3.05, 3.63) is 51.7 Å². The average Bonchev–Trinajstić information content (AvgIpc) is 2.78. The second-order valence-corrected chi connectivity index (χ2v) is 4.89. The van der Waals surface area contributed by atoms with Gasteiger partial charge in [-0.25, -0.2) is 4.39 Å². The number of nitrogens with zero attached hydrogens (tertiary/aromatic N) is 1. The monoisotopic (exact) mass is 245 g/mol. The molecule has 0 saturated carbocycles. The summed E-state index contributed by atoms with van der Waals surface area (Å²) in [7, 11) is 0. The Morgan fingerprint density at radius 3 is 2.71 bits per heavy atom. The van der Waals surface area contributed by atoms with Crippen LogP contribution in [0.5, 0.6) is 0 Å². The molecule has 2 aromatic rings. The van der Waals surface area contributed by atoms with E-state index in [-0.39, 0.29) is 11.7 Å². The topological polar surface area (TPSA) is 12.9 Å². The number of hydrogen-bond donors (Lipinski definition) is 0. The molecule has 2 rings (SSSR count). The maximum Gasteiger partial charge on any atom is 0.127 e. The van der Waals surface area contributed by atoms with Gasteiger partial charge in [-0.1, -0.05) is 25.8 Å². The van der Waals surface area contributed by atoms with E-state index < -0.39 is 0 Å². The van der Waals surface area contributed by atoms with Gasteiger partial charge in [0.2, 0.25) is 0 Å². The van der Waals surface area contributed by atoms with Gasteiger partial charge >= 0.3 is 0 Å². The van der Waals surface area contributed by atoms with E-state index in [0.29, 0.717) is 5.56 Å². The van der Waals surface area contributed by atoms with Crippen LogP contribution in [0.2, 0.25) is 0 Å². The van der Waals surface area contributed by atoms with Crippen LogP contribution >= 0.6 is 11.3 Å². The zero-order valence-electron chi connectivity index (χ0n) is 9.70. The Morgan fingerprint density at radius 1 is 1.29 bits per heavy atom. The molecule has 0 unspecified atom stereocenters. The molecule has 1 nitrogen and oxygen atoms in total. The van der Waals surface area contributed by atoms with Crippen molar-refractivity contribution >= 4 is 11.3 Å². The fourth-order valence-corrected chi connectivity index (χ4v) is 1.95. The molecule has 1 heterocycles. The molecule has 0 spiro atoms. The van der Waals surface area contributed by atoms with Gasteiger partial charge in [-0.15, -0.1) is 11.3 Å². The van der Waals surface area contributed by atoms with Gasteiger partial charge in [-0.3, -0.25) is 4.98 Å². The summed E-state index contributed by atoms with van der Waals surface area (Å²) < 4.78 is 13.7. The number of thiazole rings is 1. The first-order valence-corrected chi connectivity index (χ1v) is 6.24. The first-order chi connectivity index (χ1) is 8.16. The summed E-state index contributed by atoms with van der Waals surface area (Å²) in [5, 5.41) is 0. The molecule has 0 fully saturated rings. The van der Waals surface area contributed by atoms with Crippen molar-refractivity contribution in [2.45, 2.75) is 19.8 Å². The molecule has 1 aromatic heterocycles. The predicted octanol–water partition coefficient (Wildman–Crippen LogP) is 3.81. The van der Waals surface area contributed by atoms with E-state index in [1.807, 2.05) is 19.9 Å². The van der Waals surface area contributed by atoms with E-state index in [1.165, 1.54) is 17.4 Å². The maximum atomic E-state index is 13.7. The van der Waals surface area contributed by atoms with Crippen LogP contribution in [0.15, 0.2) is 29.9 Å². The summed E-state index contributed by atoms with van der Waals surface area (Å²) in [6.07, 6.45) is 1.70. The maximum absolute atomic E-state index is 13.7. The highest BCUT2D eigenvalue weighted by Gasteiger charge is 2.05. The number of rotatable bonds is 1. The lowest BCUT2D eigenvalue weighted by Crippen LogP contribution is -1.93. The Hall–Kier alpha value is -1.66. The number of halogens is 1. The zero-order chi connectivity index (χ0) is 12.3. The highest BCUT2D eigenvalue weighted by atomic mass is 32.1. The van der Waals surface area contributed by atoms with Crippen LogP contribution in [-0.2, 0) is 0 Å². The highest BCUT2D eigenvalue weighted by molar-refractivity contribution is 7.10. The van der Waals surface area contributed by atoms with Crippen LogP contribution in [0.4, 0.5) is 4.39 Å². The Kier molecular flexibility index (Phi) is 3.55. The van der Waals surface area contributed by atoms with Gasteiger partial charge in [0.1, 0.15) is 5.82 Å². The van der Waals surface area contributed by atoms with E-state index in [1.54, 1.807) is 17.8 Å². The summed E-state index contributed by atoms with van der Waals surface area (Å²) >= 11 is 1.48. The van der Waals surface area contributed by atoms with Crippen molar-refractivity contribution in [3.8, 4) is 11.8 Å². The van der Waals surface area contributed by atoms with Gasteiger partial charge in [-0.2, -0.15) is 0 Å². The Morgan fingerprint density at radius 2 is 2.12 bits per heavy atom. The molecule has 0 saturated heterocycles.